The highest BCUT2D eigenvalue weighted by atomic mass is 15.1. The highest BCUT2D eigenvalue weighted by Crippen LogP contribution is 2.59. The largest absolute Gasteiger partial charge is 0.310 e. The monoisotopic (exact) mass is 753 g/mol. The van der Waals surface area contributed by atoms with Gasteiger partial charge in [-0.15, -0.1) is 0 Å². The Bertz CT molecular complexity index is 2650. The molecule has 0 bridgehead atoms. The van der Waals surface area contributed by atoms with Crippen LogP contribution in [0.2, 0.25) is 0 Å². The van der Waals surface area contributed by atoms with Crippen molar-refractivity contribution < 1.29 is 0 Å². The van der Waals surface area contributed by atoms with Gasteiger partial charge in [-0.2, -0.15) is 0 Å². The van der Waals surface area contributed by atoms with Gasteiger partial charge in [0.25, 0.3) is 0 Å². The fourth-order valence-electron chi connectivity index (χ4n) is 9.38. The van der Waals surface area contributed by atoms with Gasteiger partial charge in [-0.3, -0.25) is 0 Å². The summed E-state index contributed by atoms with van der Waals surface area (Å²) in [5, 5.41) is 2.55. The summed E-state index contributed by atoms with van der Waals surface area (Å²) in [5.74, 6) is 0. The van der Waals surface area contributed by atoms with E-state index in [2.05, 4.69) is 209 Å². The lowest BCUT2D eigenvalue weighted by Gasteiger charge is -2.30. The maximum atomic E-state index is 2.54. The predicted octanol–water partition coefficient (Wildman–Crippen LogP) is 16.6. The standard InChI is InChI=1S/C53H43N.2C2H6/c1-34-20-29-41-44-31-48-45(32-47(44)52(2,3)46(41)30-34)51-43-19-13-12-18-42(43)50(33-49(51)53(48,4)5)54(39-25-21-37(22-26-39)35-14-8-6-9-15-35)40-27-23-38(24-28-40)36-16-10-7-11-17-36;2*1-2/h6-33H,1-5H3;2*1-2H3. The third kappa shape index (κ3) is 6.25. The molecule has 0 aliphatic heterocycles. The molecular formula is C57H55N. The van der Waals surface area contributed by atoms with Crippen molar-refractivity contribution in [3.8, 4) is 44.5 Å². The van der Waals surface area contributed by atoms with E-state index in [1.165, 1.54) is 88.8 Å². The van der Waals surface area contributed by atoms with Crippen molar-refractivity contribution >= 4 is 27.8 Å². The van der Waals surface area contributed by atoms with Crippen LogP contribution in [0.15, 0.2) is 170 Å². The first-order chi connectivity index (χ1) is 28.2. The van der Waals surface area contributed by atoms with Gasteiger partial charge >= 0.3 is 0 Å². The van der Waals surface area contributed by atoms with Crippen molar-refractivity contribution in [2.45, 2.75) is 73.1 Å². The van der Waals surface area contributed by atoms with Crippen molar-refractivity contribution in [2.24, 2.45) is 0 Å². The molecule has 0 saturated heterocycles. The van der Waals surface area contributed by atoms with E-state index < -0.39 is 0 Å². The van der Waals surface area contributed by atoms with Gasteiger partial charge in [-0.1, -0.05) is 188 Å². The lowest BCUT2D eigenvalue weighted by atomic mass is 9.79. The van der Waals surface area contributed by atoms with E-state index in [1.807, 2.05) is 27.7 Å². The molecule has 0 fully saturated rings. The zero-order valence-electron chi connectivity index (χ0n) is 35.6. The van der Waals surface area contributed by atoms with Gasteiger partial charge in [0.1, 0.15) is 0 Å². The van der Waals surface area contributed by atoms with Gasteiger partial charge in [-0.25, -0.2) is 0 Å². The summed E-state index contributed by atoms with van der Waals surface area (Å²) >= 11 is 0. The number of nitrogens with zero attached hydrogens (tertiary/aromatic N) is 1. The van der Waals surface area contributed by atoms with Crippen molar-refractivity contribution in [2.75, 3.05) is 4.90 Å². The minimum absolute atomic E-state index is 0.0665. The topological polar surface area (TPSA) is 3.24 Å². The minimum Gasteiger partial charge on any atom is -0.310 e. The van der Waals surface area contributed by atoms with Crippen LogP contribution in [0.4, 0.5) is 17.1 Å². The Labute approximate surface area is 346 Å². The Hall–Kier alpha value is -6.18. The quantitative estimate of drug-likeness (QED) is 0.169. The molecule has 1 heteroatoms. The van der Waals surface area contributed by atoms with Crippen LogP contribution in [0, 0.1) is 6.92 Å². The SMILES string of the molecule is CC.CC.Cc1ccc2c(c1)C(C)(C)c1cc3c(cc1-2)C(C)(C)c1cc(N(c2ccc(-c4ccccc4)cc2)c2ccc(-c4ccccc4)cc2)c2ccccc2c1-3. The van der Waals surface area contributed by atoms with Crippen molar-refractivity contribution in [3.05, 3.63) is 198 Å². The van der Waals surface area contributed by atoms with E-state index in [0.717, 1.165) is 11.4 Å². The summed E-state index contributed by atoms with van der Waals surface area (Å²) in [4.78, 5) is 2.47. The average molecular weight is 754 g/mol. The van der Waals surface area contributed by atoms with E-state index in [9.17, 15) is 0 Å². The molecule has 0 saturated carbocycles. The molecular weight excluding hydrogens is 699 g/mol. The van der Waals surface area contributed by atoms with Crippen LogP contribution in [0.1, 0.15) is 83.2 Å². The second-order valence-corrected chi connectivity index (χ2v) is 16.3. The molecule has 0 heterocycles. The normalized spacial score (nSPS) is 13.5. The number of rotatable bonds is 5. The van der Waals surface area contributed by atoms with Gasteiger partial charge in [-0.05, 0) is 122 Å². The molecule has 8 aromatic carbocycles. The fraction of sp³-hybridized carbons (Fsp3) is 0.193. The van der Waals surface area contributed by atoms with Gasteiger partial charge in [0.2, 0.25) is 0 Å². The molecule has 2 aliphatic rings. The van der Waals surface area contributed by atoms with Gasteiger partial charge < -0.3 is 4.90 Å². The molecule has 0 atom stereocenters. The smallest absolute Gasteiger partial charge is 0.0543 e. The molecule has 10 rings (SSSR count). The van der Waals surface area contributed by atoms with Crippen LogP contribution in [-0.2, 0) is 10.8 Å². The molecule has 1 nitrogen and oxygen atoms in total. The second-order valence-electron chi connectivity index (χ2n) is 16.3. The molecule has 8 aromatic rings. The predicted molar refractivity (Wildman–Crippen MR) is 252 cm³/mol. The summed E-state index contributed by atoms with van der Waals surface area (Å²) in [5.41, 5.74) is 20.5. The molecule has 0 radical (unpaired) electrons. The molecule has 0 unspecified atom stereocenters. The lowest BCUT2D eigenvalue weighted by Crippen LogP contribution is -2.18. The molecule has 0 aromatic heterocycles. The molecule has 58 heavy (non-hydrogen) atoms. The molecule has 0 N–H and O–H groups in total. The number of hydrogen-bond acceptors (Lipinski definition) is 1. The Kier molecular flexibility index (Phi) is 10.2. The maximum Gasteiger partial charge on any atom is 0.0543 e. The Morgan fingerprint density at radius 3 is 1.34 bits per heavy atom. The van der Waals surface area contributed by atoms with E-state index in [4.69, 9.17) is 0 Å². The third-order valence-electron chi connectivity index (χ3n) is 12.3. The van der Waals surface area contributed by atoms with Gasteiger partial charge in [0, 0.05) is 27.6 Å². The molecule has 0 spiro atoms. The summed E-state index contributed by atoms with van der Waals surface area (Å²) < 4.78 is 0. The van der Waals surface area contributed by atoms with E-state index in [0.29, 0.717) is 0 Å². The Morgan fingerprint density at radius 1 is 0.362 bits per heavy atom. The summed E-state index contributed by atoms with van der Waals surface area (Å²) in [7, 11) is 0. The van der Waals surface area contributed by atoms with Gasteiger partial charge in [0.05, 0.1) is 5.69 Å². The molecule has 0 amide bonds. The summed E-state index contributed by atoms with van der Waals surface area (Å²) in [6.45, 7) is 19.9. The minimum atomic E-state index is -0.198. The van der Waals surface area contributed by atoms with Gasteiger partial charge in [0.15, 0.2) is 0 Å². The number of anilines is 3. The Morgan fingerprint density at radius 2 is 0.793 bits per heavy atom. The number of aryl methyl sites for hydroxylation is 1. The molecule has 288 valence electrons. The fourth-order valence-corrected chi connectivity index (χ4v) is 9.38. The zero-order chi connectivity index (χ0) is 40.8. The van der Waals surface area contributed by atoms with Crippen molar-refractivity contribution in [1.29, 1.82) is 0 Å². The third-order valence-corrected chi connectivity index (χ3v) is 12.3. The van der Waals surface area contributed by atoms with Crippen LogP contribution in [-0.4, -0.2) is 0 Å². The zero-order valence-corrected chi connectivity index (χ0v) is 35.6. The first-order valence-electron chi connectivity index (χ1n) is 21.2. The molecule has 2 aliphatic carbocycles. The number of hydrogen-bond donors (Lipinski definition) is 0. The number of fused-ring (bicyclic) bond motifs is 8. The van der Waals surface area contributed by atoms with Crippen LogP contribution >= 0.6 is 0 Å². The second kappa shape index (κ2) is 15.3. The van der Waals surface area contributed by atoms with Crippen LogP contribution in [0.5, 0.6) is 0 Å². The van der Waals surface area contributed by atoms with Crippen LogP contribution < -0.4 is 4.90 Å². The van der Waals surface area contributed by atoms with Crippen LogP contribution in [0.25, 0.3) is 55.3 Å². The number of benzene rings is 8. The lowest BCUT2D eigenvalue weighted by molar-refractivity contribution is 0.652. The highest BCUT2D eigenvalue weighted by molar-refractivity contribution is 6.10. The average Bonchev–Trinajstić information content (AvgIpc) is 3.63. The first-order valence-corrected chi connectivity index (χ1v) is 21.2. The van der Waals surface area contributed by atoms with E-state index >= 15 is 0 Å². The van der Waals surface area contributed by atoms with E-state index in [-0.39, 0.29) is 10.8 Å². The summed E-state index contributed by atoms with van der Waals surface area (Å²) in [6, 6.07) is 63.1. The van der Waals surface area contributed by atoms with Crippen molar-refractivity contribution in [3.63, 3.8) is 0 Å². The Balaban J connectivity index is 0.00000114. The highest BCUT2D eigenvalue weighted by Gasteiger charge is 2.43. The summed E-state index contributed by atoms with van der Waals surface area (Å²) in [6.07, 6.45) is 0. The van der Waals surface area contributed by atoms with Crippen molar-refractivity contribution in [1.82, 2.24) is 0 Å². The van der Waals surface area contributed by atoms with E-state index in [1.54, 1.807) is 0 Å². The first kappa shape index (κ1) is 38.7. The maximum absolute atomic E-state index is 2.54. The van der Waals surface area contributed by atoms with Crippen LogP contribution in [0.3, 0.4) is 0 Å².